The third kappa shape index (κ3) is 3.41. The van der Waals surface area contributed by atoms with Crippen molar-refractivity contribution in [3.63, 3.8) is 0 Å². The zero-order valence-corrected chi connectivity index (χ0v) is 10.5. The van der Waals surface area contributed by atoms with E-state index in [9.17, 15) is 9.59 Å². The minimum absolute atomic E-state index is 0.0232. The number of nitrogens with zero attached hydrogens (tertiary/aromatic N) is 2. The van der Waals surface area contributed by atoms with Crippen molar-refractivity contribution in [1.29, 1.82) is 0 Å². The summed E-state index contributed by atoms with van der Waals surface area (Å²) in [5, 5.41) is 10.3. The van der Waals surface area contributed by atoms with Gasteiger partial charge in [0.1, 0.15) is 11.9 Å². The van der Waals surface area contributed by atoms with Gasteiger partial charge < -0.3 is 15.8 Å². The fraction of sp³-hybridized carbons (Fsp3) is 0.455. The Morgan fingerprint density at radius 1 is 1.33 bits per heavy atom. The molecule has 1 heterocycles. The van der Waals surface area contributed by atoms with Gasteiger partial charge in [0.2, 0.25) is 0 Å². The third-order valence-electron chi connectivity index (χ3n) is 2.34. The third-order valence-corrected chi connectivity index (χ3v) is 2.34. The summed E-state index contributed by atoms with van der Waals surface area (Å²) in [5.74, 6) is -0.632. The first-order valence-electron chi connectivity index (χ1n) is 5.43. The number of carbonyl (C=O) groups is 2. The van der Waals surface area contributed by atoms with Gasteiger partial charge in [-0.25, -0.2) is 4.79 Å². The molecule has 1 unspecified atom stereocenters. The lowest BCUT2D eigenvalue weighted by Gasteiger charge is -2.19. The van der Waals surface area contributed by atoms with Gasteiger partial charge in [0.25, 0.3) is 5.91 Å². The van der Waals surface area contributed by atoms with Gasteiger partial charge in [0, 0.05) is 0 Å². The highest BCUT2D eigenvalue weighted by Gasteiger charge is 2.23. The predicted octanol–water partition coefficient (Wildman–Crippen LogP) is 0.185. The standard InChI is InChI=1S/C11H16N4O3/c1-6(2)9(11(17)18-3)13-8-5-4-7(10(12)16)14-15-8/h4-6,9H,1-3H3,(H2,12,16)(H,13,15). The molecule has 0 radical (unpaired) electrons. The maximum Gasteiger partial charge on any atom is 0.328 e. The van der Waals surface area contributed by atoms with Gasteiger partial charge in [0.15, 0.2) is 5.69 Å². The number of nitrogens with one attached hydrogen (secondary N) is 1. The van der Waals surface area contributed by atoms with Crippen LogP contribution in [0.25, 0.3) is 0 Å². The zero-order chi connectivity index (χ0) is 13.7. The van der Waals surface area contributed by atoms with Crippen LogP contribution in [0.4, 0.5) is 5.82 Å². The van der Waals surface area contributed by atoms with Crippen LogP contribution in [0.1, 0.15) is 24.3 Å². The molecule has 0 aliphatic rings. The van der Waals surface area contributed by atoms with E-state index in [4.69, 9.17) is 5.73 Å². The van der Waals surface area contributed by atoms with Crippen molar-refractivity contribution in [2.75, 3.05) is 12.4 Å². The maximum atomic E-state index is 11.5. The van der Waals surface area contributed by atoms with Gasteiger partial charge in [-0.2, -0.15) is 0 Å². The molecule has 0 spiro atoms. The smallest absolute Gasteiger partial charge is 0.328 e. The Bertz CT molecular complexity index is 430. The molecule has 3 N–H and O–H groups in total. The molecule has 1 aromatic rings. The Kier molecular flexibility index (Phi) is 4.59. The molecule has 7 nitrogen and oxygen atoms in total. The summed E-state index contributed by atoms with van der Waals surface area (Å²) in [7, 11) is 1.32. The molecule has 0 saturated heterocycles. The number of primary amides is 1. The van der Waals surface area contributed by atoms with Crippen molar-refractivity contribution in [2.45, 2.75) is 19.9 Å². The van der Waals surface area contributed by atoms with E-state index in [0.29, 0.717) is 5.82 Å². The Morgan fingerprint density at radius 3 is 2.39 bits per heavy atom. The van der Waals surface area contributed by atoms with Crippen molar-refractivity contribution in [3.05, 3.63) is 17.8 Å². The second-order valence-corrected chi connectivity index (χ2v) is 4.06. The van der Waals surface area contributed by atoms with Gasteiger partial charge >= 0.3 is 5.97 Å². The van der Waals surface area contributed by atoms with Gasteiger partial charge in [-0.05, 0) is 18.1 Å². The van der Waals surface area contributed by atoms with Gasteiger partial charge in [0.05, 0.1) is 7.11 Å². The lowest BCUT2D eigenvalue weighted by atomic mass is 10.0. The van der Waals surface area contributed by atoms with E-state index in [-0.39, 0.29) is 17.6 Å². The minimum atomic E-state index is -0.651. The lowest BCUT2D eigenvalue weighted by molar-refractivity contribution is -0.142. The number of ether oxygens (including phenoxy) is 1. The average Bonchev–Trinajstić information content (AvgIpc) is 2.35. The molecule has 7 heteroatoms. The Labute approximate surface area is 105 Å². The van der Waals surface area contributed by atoms with Crippen LogP contribution < -0.4 is 11.1 Å². The van der Waals surface area contributed by atoms with E-state index in [1.165, 1.54) is 19.2 Å². The molecule has 0 aromatic carbocycles. The second kappa shape index (κ2) is 5.95. The van der Waals surface area contributed by atoms with Crippen molar-refractivity contribution < 1.29 is 14.3 Å². The van der Waals surface area contributed by atoms with Crippen molar-refractivity contribution >= 4 is 17.7 Å². The van der Waals surface area contributed by atoms with E-state index >= 15 is 0 Å². The van der Waals surface area contributed by atoms with Crippen LogP contribution in [0.15, 0.2) is 12.1 Å². The average molecular weight is 252 g/mol. The first kappa shape index (κ1) is 13.9. The van der Waals surface area contributed by atoms with Crippen LogP contribution in [-0.4, -0.2) is 35.2 Å². The highest BCUT2D eigenvalue weighted by molar-refractivity contribution is 5.90. The summed E-state index contributed by atoms with van der Waals surface area (Å²) >= 11 is 0. The number of methoxy groups -OCH3 is 1. The predicted molar refractivity (Wildman–Crippen MR) is 64.8 cm³/mol. The molecule has 98 valence electrons. The number of amides is 1. The summed E-state index contributed by atoms with van der Waals surface area (Å²) in [6, 6.07) is 2.45. The van der Waals surface area contributed by atoms with Crippen LogP contribution in [0, 0.1) is 5.92 Å². The number of nitrogens with two attached hydrogens (primary N) is 1. The number of esters is 1. The monoisotopic (exact) mass is 252 g/mol. The van der Waals surface area contributed by atoms with Crippen molar-refractivity contribution in [1.82, 2.24) is 10.2 Å². The Morgan fingerprint density at radius 2 is 2.00 bits per heavy atom. The normalized spacial score (nSPS) is 12.0. The first-order valence-corrected chi connectivity index (χ1v) is 5.43. The van der Waals surface area contributed by atoms with E-state index in [1.54, 1.807) is 0 Å². The van der Waals surface area contributed by atoms with Crippen LogP contribution in [0.2, 0.25) is 0 Å². The number of carbonyl (C=O) groups excluding carboxylic acids is 2. The van der Waals surface area contributed by atoms with Crippen LogP contribution in [0.5, 0.6) is 0 Å². The van der Waals surface area contributed by atoms with E-state index < -0.39 is 11.9 Å². The molecule has 1 atom stereocenters. The summed E-state index contributed by atoms with van der Waals surface area (Å²) in [6.45, 7) is 3.75. The molecule has 1 rings (SSSR count). The molecule has 0 fully saturated rings. The number of aromatic nitrogens is 2. The largest absolute Gasteiger partial charge is 0.467 e. The molecule has 18 heavy (non-hydrogen) atoms. The molecule has 0 aliphatic heterocycles. The first-order chi connectivity index (χ1) is 8.45. The maximum absolute atomic E-state index is 11.5. The molecule has 1 amide bonds. The number of hydrogen-bond acceptors (Lipinski definition) is 6. The molecule has 0 bridgehead atoms. The van der Waals surface area contributed by atoms with Crippen LogP contribution in [0.3, 0.4) is 0 Å². The Hall–Kier alpha value is -2.18. The lowest BCUT2D eigenvalue weighted by Crippen LogP contribution is -2.35. The SMILES string of the molecule is COC(=O)C(Nc1ccc(C(N)=O)nn1)C(C)C. The fourth-order valence-electron chi connectivity index (χ4n) is 1.32. The summed E-state index contributed by atoms with van der Waals surface area (Å²) in [6.07, 6.45) is 0. The van der Waals surface area contributed by atoms with Crippen LogP contribution in [-0.2, 0) is 9.53 Å². The second-order valence-electron chi connectivity index (χ2n) is 4.06. The minimum Gasteiger partial charge on any atom is -0.467 e. The zero-order valence-electron chi connectivity index (χ0n) is 10.5. The van der Waals surface area contributed by atoms with Gasteiger partial charge in [-0.3, -0.25) is 4.79 Å². The fourth-order valence-corrected chi connectivity index (χ4v) is 1.32. The van der Waals surface area contributed by atoms with E-state index in [0.717, 1.165) is 0 Å². The summed E-state index contributed by atoms with van der Waals surface area (Å²) < 4.78 is 4.68. The molecule has 0 saturated carbocycles. The number of hydrogen-bond donors (Lipinski definition) is 2. The van der Waals surface area contributed by atoms with Crippen LogP contribution >= 0.6 is 0 Å². The number of anilines is 1. The highest BCUT2D eigenvalue weighted by Crippen LogP contribution is 2.11. The molecule has 0 aliphatic carbocycles. The van der Waals surface area contributed by atoms with Gasteiger partial charge in [-0.1, -0.05) is 13.8 Å². The van der Waals surface area contributed by atoms with Crippen molar-refractivity contribution in [3.8, 4) is 0 Å². The van der Waals surface area contributed by atoms with Crippen molar-refractivity contribution in [2.24, 2.45) is 11.7 Å². The van der Waals surface area contributed by atoms with Gasteiger partial charge in [-0.15, -0.1) is 10.2 Å². The molecular weight excluding hydrogens is 236 g/mol. The Balaban J connectivity index is 2.81. The highest BCUT2D eigenvalue weighted by atomic mass is 16.5. The van der Waals surface area contributed by atoms with E-state index in [2.05, 4.69) is 20.3 Å². The molecular formula is C11H16N4O3. The topological polar surface area (TPSA) is 107 Å². The van der Waals surface area contributed by atoms with E-state index in [1.807, 2.05) is 13.8 Å². The number of rotatable bonds is 5. The summed E-state index contributed by atoms with van der Waals surface area (Å²) in [4.78, 5) is 22.3. The quantitative estimate of drug-likeness (QED) is 0.724. The molecule has 1 aromatic heterocycles. The summed E-state index contributed by atoms with van der Waals surface area (Å²) in [5.41, 5.74) is 5.12.